The van der Waals surface area contributed by atoms with E-state index in [1.807, 2.05) is 0 Å². The van der Waals surface area contributed by atoms with Crippen molar-refractivity contribution in [3.63, 3.8) is 0 Å². The highest BCUT2D eigenvalue weighted by Crippen LogP contribution is 2.35. The van der Waals surface area contributed by atoms with Crippen LogP contribution < -0.4 is 5.14 Å². The Morgan fingerprint density at radius 2 is 2.09 bits per heavy atom. The lowest BCUT2D eigenvalue weighted by atomic mass is 9.82. The van der Waals surface area contributed by atoms with E-state index in [0.29, 0.717) is 0 Å². The third-order valence-corrected chi connectivity index (χ3v) is 3.09. The standard InChI is InChI=1S/C6H13NO3S/c1-10-6(3-2-4-6)5-11(7,8)9/h2-5H2,1H3,(H2,7,8,9). The molecule has 0 spiro atoms. The lowest BCUT2D eigenvalue weighted by Crippen LogP contribution is -2.47. The molecule has 5 heteroatoms. The molecule has 1 fully saturated rings. The second kappa shape index (κ2) is 2.73. The van der Waals surface area contributed by atoms with Crippen LogP contribution in [0.15, 0.2) is 0 Å². The van der Waals surface area contributed by atoms with E-state index < -0.39 is 15.6 Å². The van der Waals surface area contributed by atoms with Gasteiger partial charge in [0, 0.05) is 7.11 Å². The minimum Gasteiger partial charge on any atom is -0.377 e. The van der Waals surface area contributed by atoms with Gasteiger partial charge in [0.25, 0.3) is 0 Å². The number of nitrogens with two attached hydrogens (primary N) is 1. The minimum absolute atomic E-state index is 0.0451. The van der Waals surface area contributed by atoms with Crippen molar-refractivity contribution in [3.05, 3.63) is 0 Å². The van der Waals surface area contributed by atoms with Gasteiger partial charge >= 0.3 is 0 Å². The molecule has 0 unspecified atom stereocenters. The molecule has 0 amide bonds. The fourth-order valence-electron chi connectivity index (χ4n) is 1.35. The highest BCUT2D eigenvalue weighted by Gasteiger charge is 2.40. The van der Waals surface area contributed by atoms with Crippen molar-refractivity contribution >= 4 is 10.0 Å². The monoisotopic (exact) mass is 179 g/mol. The van der Waals surface area contributed by atoms with Crippen molar-refractivity contribution in [3.8, 4) is 0 Å². The zero-order valence-electron chi connectivity index (χ0n) is 6.54. The zero-order valence-corrected chi connectivity index (χ0v) is 7.36. The molecule has 0 aromatic heterocycles. The van der Waals surface area contributed by atoms with Crippen molar-refractivity contribution in [2.75, 3.05) is 12.9 Å². The first-order valence-electron chi connectivity index (χ1n) is 3.53. The van der Waals surface area contributed by atoms with Gasteiger partial charge in [-0.25, -0.2) is 13.6 Å². The van der Waals surface area contributed by atoms with E-state index in [1.54, 1.807) is 0 Å². The number of hydrogen-bond donors (Lipinski definition) is 1. The second-order valence-electron chi connectivity index (χ2n) is 3.05. The van der Waals surface area contributed by atoms with E-state index >= 15 is 0 Å². The lowest BCUT2D eigenvalue weighted by Gasteiger charge is -2.39. The normalized spacial score (nSPS) is 22.7. The number of ether oxygens (including phenoxy) is 1. The number of rotatable bonds is 3. The van der Waals surface area contributed by atoms with Crippen LogP contribution in [0.3, 0.4) is 0 Å². The molecular formula is C6H13NO3S. The smallest absolute Gasteiger partial charge is 0.211 e. The van der Waals surface area contributed by atoms with Gasteiger partial charge in [-0.15, -0.1) is 0 Å². The summed E-state index contributed by atoms with van der Waals surface area (Å²) in [5, 5.41) is 4.90. The SMILES string of the molecule is COC1(CS(N)(=O)=O)CCC1. The molecule has 0 saturated heterocycles. The van der Waals surface area contributed by atoms with Crippen LogP contribution in [0.4, 0.5) is 0 Å². The van der Waals surface area contributed by atoms with Gasteiger partial charge in [-0.1, -0.05) is 0 Å². The van der Waals surface area contributed by atoms with E-state index in [0.717, 1.165) is 19.3 Å². The van der Waals surface area contributed by atoms with Gasteiger partial charge < -0.3 is 4.74 Å². The van der Waals surface area contributed by atoms with Crippen LogP contribution in [-0.2, 0) is 14.8 Å². The summed E-state index contributed by atoms with van der Waals surface area (Å²) >= 11 is 0. The van der Waals surface area contributed by atoms with E-state index in [9.17, 15) is 8.42 Å². The van der Waals surface area contributed by atoms with Crippen LogP contribution in [0.2, 0.25) is 0 Å². The first-order chi connectivity index (χ1) is 4.97. The highest BCUT2D eigenvalue weighted by molar-refractivity contribution is 7.89. The first kappa shape index (κ1) is 8.96. The lowest BCUT2D eigenvalue weighted by molar-refractivity contribution is -0.0525. The van der Waals surface area contributed by atoms with E-state index in [1.165, 1.54) is 7.11 Å². The molecule has 2 N–H and O–H groups in total. The number of methoxy groups -OCH3 is 1. The second-order valence-corrected chi connectivity index (χ2v) is 4.66. The molecule has 0 aromatic rings. The molecule has 1 saturated carbocycles. The Kier molecular flexibility index (Phi) is 2.22. The molecule has 0 atom stereocenters. The fourth-order valence-corrected chi connectivity index (χ4v) is 2.48. The molecule has 1 aliphatic carbocycles. The summed E-state index contributed by atoms with van der Waals surface area (Å²) in [6, 6.07) is 0. The van der Waals surface area contributed by atoms with Gasteiger partial charge in [0.1, 0.15) is 0 Å². The van der Waals surface area contributed by atoms with Crippen molar-refractivity contribution in [2.45, 2.75) is 24.9 Å². The molecule has 11 heavy (non-hydrogen) atoms. The van der Waals surface area contributed by atoms with Gasteiger partial charge in [-0.3, -0.25) is 0 Å². The Bertz CT molecular complexity index is 225. The summed E-state index contributed by atoms with van der Waals surface area (Å²) in [6.07, 6.45) is 2.64. The van der Waals surface area contributed by atoms with Crippen LogP contribution in [0.5, 0.6) is 0 Å². The van der Waals surface area contributed by atoms with Crippen LogP contribution in [0.25, 0.3) is 0 Å². The van der Waals surface area contributed by atoms with E-state index in [-0.39, 0.29) is 5.75 Å². The van der Waals surface area contributed by atoms with Crippen molar-refractivity contribution < 1.29 is 13.2 Å². The fraction of sp³-hybridized carbons (Fsp3) is 1.00. The predicted molar refractivity (Wildman–Crippen MR) is 41.6 cm³/mol. The molecular weight excluding hydrogens is 166 g/mol. The van der Waals surface area contributed by atoms with Crippen molar-refractivity contribution in [1.29, 1.82) is 0 Å². The Hall–Kier alpha value is -0.130. The molecule has 0 bridgehead atoms. The summed E-state index contributed by atoms with van der Waals surface area (Å²) in [5.41, 5.74) is -0.465. The van der Waals surface area contributed by atoms with Crippen molar-refractivity contribution in [2.24, 2.45) is 5.14 Å². The Labute approximate surface area is 66.8 Å². The zero-order chi connectivity index (χ0) is 8.54. The number of sulfonamides is 1. The van der Waals surface area contributed by atoms with Gasteiger partial charge in [0.2, 0.25) is 10.0 Å². The topological polar surface area (TPSA) is 69.4 Å². The van der Waals surface area contributed by atoms with E-state index in [4.69, 9.17) is 9.88 Å². The first-order valence-corrected chi connectivity index (χ1v) is 5.25. The predicted octanol–water partition coefficient (Wildman–Crippen LogP) is -0.156. The molecule has 1 rings (SSSR count). The molecule has 4 nitrogen and oxygen atoms in total. The maximum Gasteiger partial charge on any atom is 0.211 e. The van der Waals surface area contributed by atoms with Crippen LogP contribution in [0, 0.1) is 0 Å². The molecule has 0 aliphatic heterocycles. The summed E-state index contributed by atoms with van der Waals surface area (Å²) in [5.74, 6) is -0.0451. The maximum absolute atomic E-state index is 10.7. The third kappa shape index (κ3) is 2.15. The largest absolute Gasteiger partial charge is 0.377 e. The number of primary sulfonamides is 1. The molecule has 66 valence electrons. The van der Waals surface area contributed by atoms with Crippen LogP contribution >= 0.6 is 0 Å². The number of hydrogen-bond acceptors (Lipinski definition) is 3. The van der Waals surface area contributed by atoms with E-state index in [2.05, 4.69) is 0 Å². The third-order valence-electron chi connectivity index (χ3n) is 2.16. The Morgan fingerprint density at radius 3 is 2.18 bits per heavy atom. The average molecular weight is 179 g/mol. The average Bonchev–Trinajstić information content (AvgIpc) is 1.77. The summed E-state index contributed by atoms with van der Waals surface area (Å²) in [4.78, 5) is 0. The highest BCUT2D eigenvalue weighted by atomic mass is 32.2. The van der Waals surface area contributed by atoms with Crippen LogP contribution in [-0.4, -0.2) is 26.9 Å². The Morgan fingerprint density at radius 1 is 1.55 bits per heavy atom. The van der Waals surface area contributed by atoms with Gasteiger partial charge in [-0.05, 0) is 19.3 Å². The Balaban J connectivity index is 2.59. The summed E-state index contributed by atoms with van der Waals surface area (Å²) in [6.45, 7) is 0. The molecule has 0 aromatic carbocycles. The summed E-state index contributed by atoms with van der Waals surface area (Å²) in [7, 11) is -1.85. The van der Waals surface area contributed by atoms with Gasteiger partial charge in [0.05, 0.1) is 11.4 Å². The molecule has 0 heterocycles. The molecule has 1 aliphatic rings. The van der Waals surface area contributed by atoms with Gasteiger partial charge in [0.15, 0.2) is 0 Å². The van der Waals surface area contributed by atoms with Crippen molar-refractivity contribution in [1.82, 2.24) is 0 Å². The van der Waals surface area contributed by atoms with Crippen LogP contribution in [0.1, 0.15) is 19.3 Å². The maximum atomic E-state index is 10.7. The summed E-state index contributed by atoms with van der Waals surface area (Å²) < 4.78 is 26.5. The quantitative estimate of drug-likeness (QED) is 0.654. The van der Waals surface area contributed by atoms with Gasteiger partial charge in [-0.2, -0.15) is 0 Å². The minimum atomic E-state index is -3.38. The molecule has 0 radical (unpaired) electrons.